The van der Waals surface area contributed by atoms with Crippen molar-refractivity contribution >= 4 is 28.5 Å². The van der Waals surface area contributed by atoms with Crippen LogP contribution in [0.15, 0.2) is 36.4 Å². The van der Waals surface area contributed by atoms with Crippen LogP contribution in [-0.4, -0.2) is 23.2 Å². The molecule has 0 bridgehead atoms. The topological polar surface area (TPSA) is 59.4 Å². The zero-order valence-corrected chi connectivity index (χ0v) is 13.7. The fourth-order valence-electron chi connectivity index (χ4n) is 2.70. The van der Waals surface area contributed by atoms with E-state index in [1.807, 2.05) is 0 Å². The molecule has 1 N–H and O–H groups in total. The Labute approximate surface area is 142 Å². The van der Waals surface area contributed by atoms with Gasteiger partial charge < -0.3 is 9.84 Å². The molecule has 0 aliphatic carbocycles. The lowest BCUT2D eigenvalue weighted by molar-refractivity contribution is 0.0698. The molecule has 24 heavy (non-hydrogen) atoms. The average Bonchev–Trinajstić information content (AvgIpc) is 2.53. The Balaban J connectivity index is 2.33. The van der Waals surface area contributed by atoms with E-state index < -0.39 is 11.8 Å². The normalized spacial score (nSPS) is 10.8. The molecule has 122 valence electrons. The number of carboxylic acids is 1. The molecule has 0 fully saturated rings. The second-order valence-electron chi connectivity index (χ2n) is 5.28. The molecule has 0 saturated heterocycles. The number of aromatic nitrogens is 1. The number of methoxy groups -OCH3 is 1. The number of nitrogens with zero attached hydrogens (tertiary/aromatic N) is 1. The van der Waals surface area contributed by atoms with Crippen molar-refractivity contribution in [1.82, 2.24) is 4.98 Å². The van der Waals surface area contributed by atoms with Gasteiger partial charge in [0.1, 0.15) is 0 Å². The van der Waals surface area contributed by atoms with Gasteiger partial charge in [0.15, 0.2) is 11.6 Å². The second kappa shape index (κ2) is 6.09. The van der Waals surface area contributed by atoms with Crippen molar-refractivity contribution in [3.63, 3.8) is 0 Å². The molecule has 3 rings (SSSR count). The Bertz CT molecular complexity index is 972. The highest BCUT2D eigenvalue weighted by molar-refractivity contribution is 6.31. The molecular weight excluding hydrogens is 333 g/mol. The number of halogens is 2. The maximum absolute atomic E-state index is 14.0. The van der Waals surface area contributed by atoms with Crippen LogP contribution in [0.3, 0.4) is 0 Å². The van der Waals surface area contributed by atoms with Crippen LogP contribution < -0.4 is 4.74 Å². The predicted octanol–water partition coefficient (Wildman–Crippen LogP) is 4.71. The van der Waals surface area contributed by atoms with E-state index in [-0.39, 0.29) is 11.3 Å². The lowest BCUT2D eigenvalue weighted by Gasteiger charge is -2.13. The highest BCUT2D eigenvalue weighted by Gasteiger charge is 2.19. The number of pyridine rings is 1. The van der Waals surface area contributed by atoms with Crippen molar-refractivity contribution in [3.8, 4) is 17.0 Å². The van der Waals surface area contributed by atoms with E-state index in [1.54, 1.807) is 31.2 Å². The Kier molecular flexibility index (Phi) is 4.11. The fraction of sp³-hybridized carbons (Fsp3) is 0.111. The summed E-state index contributed by atoms with van der Waals surface area (Å²) in [7, 11) is 1.38. The molecule has 0 aliphatic heterocycles. The summed E-state index contributed by atoms with van der Waals surface area (Å²) in [5, 5.41) is 10.5. The summed E-state index contributed by atoms with van der Waals surface area (Å²) in [5.74, 6) is -1.51. The number of rotatable bonds is 3. The first-order chi connectivity index (χ1) is 11.4. The lowest BCUT2D eigenvalue weighted by Crippen LogP contribution is -2.05. The molecule has 0 amide bonds. The molecule has 0 unspecified atom stereocenters. The van der Waals surface area contributed by atoms with E-state index in [0.717, 1.165) is 0 Å². The lowest BCUT2D eigenvalue weighted by atomic mass is 9.97. The van der Waals surface area contributed by atoms with Crippen molar-refractivity contribution in [2.75, 3.05) is 7.11 Å². The van der Waals surface area contributed by atoms with Crippen molar-refractivity contribution in [2.24, 2.45) is 0 Å². The van der Waals surface area contributed by atoms with Crippen LogP contribution >= 0.6 is 11.6 Å². The van der Waals surface area contributed by atoms with Crippen LogP contribution in [0.2, 0.25) is 5.02 Å². The molecule has 0 spiro atoms. The zero-order chi connectivity index (χ0) is 17.4. The van der Waals surface area contributed by atoms with Crippen molar-refractivity contribution in [3.05, 3.63) is 58.4 Å². The van der Waals surface area contributed by atoms with E-state index in [1.165, 1.54) is 19.2 Å². The summed E-state index contributed by atoms with van der Waals surface area (Å²) in [6.07, 6.45) is 0. The van der Waals surface area contributed by atoms with Gasteiger partial charge >= 0.3 is 5.97 Å². The average molecular weight is 346 g/mol. The Morgan fingerprint density at radius 1 is 1.25 bits per heavy atom. The molecule has 0 saturated carbocycles. The van der Waals surface area contributed by atoms with Gasteiger partial charge in [0.05, 0.1) is 23.9 Å². The van der Waals surface area contributed by atoms with Crippen LogP contribution in [0, 0.1) is 12.7 Å². The summed E-state index contributed by atoms with van der Waals surface area (Å²) < 4.78 is 18.9. The van der Waals surface area contributed by atoms with Crippen LogP contribution in [0.1, 0.15) is 15.9 Å². The Hall–Kier alpha value is -2.66. The largest absolute Gasteiger partial charge is 0.494 e. The molecule has 2 aromatic carbocycles. The number of aromatic carboxylic acids is 1. The van der Waals surface area contributed by atoms with Crippen molar-refractivity contribution < 1.29 is 19.0 Å². The van der Waals surface area contributed by atoms with Gasteiger partial charge in [-0.1, -0.05) is 11.6 Å². The minimum Gasteiger partial charge on any atom is -0.494 e. The predicted molar refractivity (Wildman–Crippen MR) is 90.4 cm³/mol. The summed E-state index contributed by atoms with van der Waals surface area (Å²) >= 11 is 5.97. The number of hydrogen-bond donors (Lipinski definition) is 1. The molecule has 1 heterocycles. The van der Waals surface area contributed by atoms with E-state index >= 15 is 0 Å². The Morgan fingerprint density at radius 2 is 2.00 bits per heavy atom. The first kappa shape index (κ1) is 16.2. The smallest absolute Gasteiger partial charge is 0.336 e. The van der Waals surface area contributed by atoms with E-state index in [9.17, 15) is 14.3 Å². The quantitative estimate of drug-likeness (QED) is 0.746. The Morgan fingerprint density at radius 3 is 2.62 bits per heavy atom. The SMILES string of the molecule is COc1ccc(-c2nc3ccc(Cl)cc3c(C(=O)O)c2C)cc1F. The van der Waals surface area contributed by atoms with Gasteiger partial charge in [-0.15, -0.1) is 0 Å². The van der Waals surface area contributed by atoms with Crippen molar-refractivity contribution in [2.45, 2.75) is 6.92 Å². The summed E-state index contributed by atoms with van der Waals surface area (Å²) in [6.45, 7) is 1.65. The molecule has 0 atom stereocenters. The third-order valence-electron chi connectivity index (χ3n) is 3.83. The van der Waals surface area contributed by atoms with E-state index in [4.69, 9.17) is 16.3 Å². The van der Waals surface area contributed by atoms with Gasteiger partial charge in [0.25, 0.3) is 0 Å². The van der Waals surface area contributed by atoms with Crippen LogP contribution in [-0.2, 0) is 0 Å². The molecule has 4 nitrogen and oxygen atoms in total. The standard InChI is InChI=1S/C18H13ClFNO3/c1-9-16(18(22)23)12-8-11(19)4-5-14(12)21-17(9)10-3-6-15(24-2)13(20)7-10/h3-8H,1-2H3,(H,22,23). The van der Waals surface area contributed by atoms with Gasteiger partial charge in [-0.25, -0.2) is 14.2 Å². The van der Waals surface area contributed by atoms with Gasteiger partial charge in [-0.05, 0) is 48.9 Å². The highest BCUT2D eigenvalue weighted by atomic mass is 35.5. The van der Waals surface area contributed by atoms with Crippen LogP contribution in [0.5, 0.6) is 5.75 Å². The summed E-state index contributed by atoms with van der Waals surface area (Å²) in [4.78, 5) is 16.2. The minimum atomic E-state index is -1.09. The minimum absolute atomic E-state index is 0.105. The molecule has 0 aliphatic rings. The van der Waals surface area contributed by atoms with Crippen molar-refractivity contribution in [1.29, 1.82) is 0 Å². The number of carboxylic acid groups (broad SMARTS) is 1. The first-order valence-electron chi connectivity index (χ1n) is 7.09. The summed E-state index contributed by atoms with van der Waals surface area (Å²) in [5.41, 5.74) is 1.91. The maximum Gasteiger partial charge on any atom is 0.336 e. The zero-order valence-electron chi connectivity index (χ0n) is 12.9. The second-order valence-corrected chi connectivity index (χ2v) is 5.71. The molecule has 0 radical (unpaired) electrons. The molecule has 1 aromatic heterocycles. The third kappa shape index (κ3) is 2.67. The fourth-order valence-corrected chi connectivity index (χ4v) is 2.87. The monoisotopic (exact) mass is 345 g/mol. The highest BCUT2D eigenvalue weighted by Crippen LogP contribution is 2.32. The number of hydrogen-bond acceptors (Lipinski definition) is 3. The number of ether oxygens (including phenoxy) is 1. The van der Waals surface area contributed by atoms with Gasteiger partial charge in [-0.2, -0.15) is 0 Å². The van der Waals surface area contributed by atoms with Crippen LogP contribution in [0.25, 0.3) is 22.2 Å². The maximum atomic E-state index is 14.0. The van der Waals surface area contributed by atoms with E-state index in [0.29, 0.717) is 32.7 Å². The first-order valence-corrected chi connectivity index (χ1v) is 7.47. The van der Waals surface area contributed by atoms with Gasteiger partial charge in [0.2, 0.25) is 0 Å². The number of carbonyl (C=O) groups is 1. The van der Waals surface area contributed by atoms with Gasteiger partial charge in [-0.3, -0.25) is 0 Å². The van der Waals surface area contributed by atoms with E-state index in [2.05, 4.69) is 4.98 Å². The summed E-state index contributed by atoms with van der Waals surface area (Å²) in [6, 6.07) is 9.26. The third-order valence-corrected chi connectivity index (χ3v) is 4.06. The molecule has 6 heteroatoms. The van der Waals surface area contributed by atoms with Crippen LogP contribution in [0.4, 0.5) is 4.39 Å². The number of fused-ring (bicyclic) bond motifs is 1. The van der Waals surface area contributed by atoms with Gasteiger partial charge in [0, 0.05) is 16.0 Å². The molecule has 3 aromatic rings. The molecular formula is C18H13ClFNO3. The number of benzene rings is 2.